The number of carbonyl (C=O) groups is 2. The molecule has 1 unspecified atom stereocenters. The number of amides is 1. The second-order valence-corrected chi connectivity index (χ2v) is 5.60. The van der Waals surface area contributed by atoms with Crippen LogP contribution in [0.4, 0.5) is 0 Å². The number of nitrogens with one attached hydrogen (secondary N) is 1. The molecule has 118 valence electrons. The van der Waals surface area contributed by atoms with Gasteiger partial charge in [-0.2, -0.15) is 0 Å². The molecule has 1 aliphatic rings. The summed E-state index contributed by atoms with van der Waals surface area (Å²) in [6.07, 6.45) is 8.01. The van der Waals surface area contributed by atoms with Crippen LogP contribution in [0.25, 0.3) is 0 Å². The summed E-state index contributed by atoms with van der Waals surface area (Å²) in [4.78, 5) is 23.4. The average molecular weight is 301 g/mol. The summed E-state index contributed by atoms with van der Waals surface area (Å²) in [5.41, 5.74) is 0.966. The Bertz CT molecular complexity index is 510. The summed E-state index contributed by atoms with van der Waals surface area (Å²) in [6, 6.07) is 9.54. The van der Waals surface area contributed by atoms with E-state index in [1.54, 1.807) is 0 Å². The molecule has 22 heavy (non-hydrogen) atoms. The minimum atomic E-state index is -0.241. The summed E-state index contributed by atoms with van der Waals surface area (Å²) < 4.78 is 5.26. The molecule has 1 aliphatic carbocycles. The van der Waals surface area contributed by atoms with E-state index < -0.39 is 0 Å². The van der Waals surface area contributed by atoms with E-state index in [0.29, 0.717) is 25.5 Å². The lowest BCUT2D eigenvalue weighted by Crippen LogP contribution is -2.28. The van der Waals surface area contributed by atoms with Gasteiger partial charge in [-0.1, -0.05) is 42.5 Å². The predicted molar refractivity (Wildman–Crippen MR) is 85.2 cm³/mol. The second kappa shape index (κ2) is 9.03. The highest BCUT2D eigenvalue weighted by molar-refractivity contribution is 5.79. The van der Waals surface area contributed by atoms with Crippen molar-refractivity contribution in [2.24, 2.45) is 5.92 Å². The Morgan fingerprint density at radius 2 is 2.00 bits per heavy atom. The van der Waals surface area contributed by atoms with Gasteiger partial charge in [-0.05, 0) is 30.7 Å². The lowest BCUT2D eigenvalue weighted by molar-refractivity contribution is -0.145. The van der Waals surface area contributed by atoms with Crippen LogP contribution in [0.3, 0.4) is 0 Å². The summed E-state index contributed by atoms with van der Waals surface area (Å²) in [7, 11) is 0. The first-order valence-electron chi connectivity index (χ1n) is 7.85. The lowest BCUT2D eigenvalue weighted by Gasteiger charge is -2.17. The molecule has 1 atom stereocenters. The van der Waals surface area contributed by atoms with E-state index in [1.165, 1.54) is 0 Å². The third-order valence-electron chi connectivity index (χ3n) is 3.72. The highest BCUT2D eigenvalue weighted by Crippen LogP contribution is 2.18. The third kappa shape index (κ3) is 6.12. The number of benzene rings is 1. The van der Waals surface area contributed by atoms with Crippen molar-refractivity contribution < 1.29 is 14.3 Å². The molecular weight excluding hydrogens is 278 g/mol. The topological polar surface area (TPSA) is 55.4 Å². The van der Waals surface area contributed by atoms with Crippen molar-refractivity contribution in [2.45, 2.75) is 32.1 Å². The van der Waals surface area contributed by atoms with Gasteiger partial charge in [0.1, 0.15) is 0 Å². The summed E-state index contributed by atoms with van der Waals surface area (Å²) in [5, 5.41) is 2.75. The Morgan fingerprint density at radius 3 is 2.73 bits per heavy atom. The second-order valence-electron chi connectivity index (χ2n) is 5.60. The molecule has 1 N–H and O–H groups in total. The minimum Gasteiger partial charge on any atom is -0.465 e. The number of hydrogen-bond acceptors (Lipinski definition) is 3. The molecule has 0 bridgehead atoms. The quantitative estimate of drug-likeness (QED) is 0.622. The van der Waals surface area contributed by atoms with Crippen LogP contribution in [0.2, 0.25) is 0 Å². The van der Waals surface area contributed by atoms with Crippen LogP contribution in [0, 0.1) is 5.92 Å². The van der Waals surface area contributed by atoms with Crippen LogP contribution in [0.5, 0.6) is 0 Å². The van der Waals surface area contributed by atoms with E-state index in [2.05, 4.69) is 17.5 Å². The van der Waals surface area contributed by atoms with Crippen LogP contribution in [0.1, 0.15) is 31.2 Å². The Morgan fingerprint density at radius 1 is 1.18 bits per heavy atom. The fourth-order valence-electron chi connectivity index (χ4n) is 2.44. The molecule has 0 saturated heterocycles. The Balaban J connectivity index is 1.56. The van der Waals surface area contributed by atoms with E-state index in [9.17, 15) is 9.59 Å². The number of allylic oxidation sites excluding steroid dienone is 2. The number of rotatable bonds is 7. The Kier molecular flexibility index (Phi) is 6.68. The average Bonchev–Trinajstić information content (AvgIpc) is 2.55. The smallest absolute Gasteiger partial charge is 0.307 e. The molecule has 1 aromatic rings. The van der Waals surface area contributed by atoms with Gasteiger partial charge in [-0.15, -0.1) is 0 Å². The standard InChI is InChI=1S/C18H23NO3/c20-17(13-15-7-3-1-4-8-15)19-12-11-18(21)22-14-16-9-5-2-6-10-16/h1-5,7-8,16H,6,9-14H2,(H,19,20). The van der Waals surface area contributed by atoms with Gasteiger partial charge >= 0.3 is 5.97 Å². The summed E-state index contributed by atoms with van der Waals surface area (Å²) in [5.74, 6) is 0.132. The largest absolute Gasteiger partial charge is 0.465 e. The molecule has 0 saturated carbocycles. The van der Waals surface area contributed by atoms with Crippen molar-refractivity contribution in [1.29, 1.82) is 0 Å². The molecule has 0 radical (unpaired) electrons. The molecule has 0 aromatic heterocycles. The highest BCUT2D eigenvalue weighted by Gasteiger charge is 2.13. The van der Waals surface area contributed by atoms with E-state index in [1.807, 2.05) is 30.3 Å². The normalized spacial score (nSPS) is 17.0. The third-order valence-corrected chi connectivity index (χ3v) is 3.72. The molecule has 1 amide bonds. The van der Waals surface area contributed by atoms with Crippen molar-refractivity contribution in [2.75, 3.05) is 13.2 Å². The Hall–Kier alpha value is -2.10. The molecule has 0 heterocycles. The van der Waals surface area contributed by atoms with Gasteiger partial charge in [0.25, 0.3) is 0 Å². The molecule has 0 fully saturated rings. The maximum absolute atomic E-state index is 11.7. The fraction of sp³-hybridized carbons (Fsp3) is 0.444. The van der Waals surface area contributed by atoms with E-state index in [4.69, 9.17) is 4.74 Å². The predicted octanol–water partition coefficient (Wildman–Crippen LogP) is 2.63. The zero-order valence-electron chi connectivity index (χ0n) is 12.8. The first-order chi connectivity index (χ1) is 10.7. The number of esters is 1. The molecular formula is C18H23NO3. The molecule has 4 heteroatoms. The number of hydrogen-bond donors (Lipinski definition) is 1. The van der Waals surface area contributed by atoms with Crippen molar-refractivity contribution in [3.05, 3.63) is 48.0 Å². The van der Waals surface area contributed by atoms with Crippen LogP contribution in [0.15, 0.2) is 42.5 Å². The van der Waals surface area contributed by atoms with E-state index in [-0.39, 0.29) is 18.3 Å². The van der Waals surface area contributed by atoms with Gasteiger partial charge in [0.2, 0.25) is 5.91 Å². The Labute approximate surface area is 131 Å². The molecule has 4 nitrogen and oxygen atoms in total. The van der Waals surface area contributed by atoms with Crippen molar-refractivity contribution in [3.8, 4) is 0 Å². The summed E-state index contributed by atoms with van der Waals surface area (Å²) >= 11 is 0. The van der Waals surface area contributed by atoms with Gasteiger partial charge in [-0.3, -0.25) is 9.59 Å². The van der Waals surface area contributed by atoms with E-state index >= 15 is 0 Å². The minimum absolute atomic E-state index is 0.0728. The lowest BCUT2D eigenvalue weighted by atomic mass is 9.95. The zero-order chi connectivity index (χ0) is 15.6. The van der Waals surface area contributed by atoms with Crippen molar-refractivity contribution >= 4 is 11.9 Å². The van der Waals surface area contributed by atoms with Gasteiger partial charge < -0.3 is 10.1 Å². The monoisotopic (exact) mass is 301 g/mol. The molecule has 1 aromatic carbocycles. The van der Waals surface area contributed by atoms with Crippen LogP contribution in [-0.4, -0.2) is 25.0 Å². The zero-order valence-corrected chi connectivity index (χ0v) is 12.8. The number of ether oxygens (including phenoxy) is 1. The molecule has 0 spiro atoms. The van der Waals surface area contributed by atoms with Crippen LogP contribution in [-0.2, 0) is 20.7 Å². The van der Waals surface area contributed by atoms with Gasteiger partial charge in [-0.25, -0.2) is 0 Å². The SMILES string of the molecule is O=C(Cc1ccccc1)NCCC(=O)OCC1CC=CCC1. The first kappa shape index (κ1) is 16.3. The van der Waals surface area contributed by atoms with Crippen molar-refractivity contribution in [3.63, 3.8) is 0 Å². The van der Waals surface area contributed by atoms with Gasteiger partial charge in [0.05, 0.1) is 19.4 Å². The molecule has 2 rings (SSSR count). The van der Waals surface area contributed by atoms with Crippen LogP contribution >= 0.6 is 0 Å². The molecule has 0 aliphatic heterocycles. The highest BCUT2D eigenvalue weighted by atomic mass is 16.5. The van der Waals surface area contributed by atoms with Gasteiger partial charge in [0, 0.05) is 6.54 Å². The van der Waals surface area contributed by atoms with Crippen molar-refractivity contribution in [1.82, 2.24) is 5.32 Å². The van der Waals surface area contributed by atoms with Gasteiger partial charge in [0.15, 0.2) is 0 Å². The maximum Gasteiger partial charge on any atom is 0.307 e. The van der Waals surface area contributed by atoms with Crippen LogP contribution < -0.4 is 5.32 Å². The summed E-state index contributed by atoms with van der Waals surface area (Å²) in [6.45, 7) is 0.816. The number of carbonyl (C=O) groups excluding carboxylic acids is 2. The first-order valence-corrected chi connectivity index (χ1v) is 7.85. The van der Waals surface area contributed by atoms with E-state index in [0.717, 1.165) is 24.8 Å². The maximum atomic E-state index is 11.7. The fourth-order valence-corrected chi connectivity index (χ4v) is 2.44.